The van der Waals surface area contributed by atoms with Gasteiger partial charge in [-0.05, 0) is 36.6 Å². The summed E-state index contributed by atoms with van der Waals surface area (Å²) in [5.74, 6) is 1.76. The lowest BCUT2D eigenvalue weighted by molar-refractivity contribution is -0.132. The van der Waals surface area contributed by atoms with Gasteiger partial charge in [0.15, 0.2) is 11.5 Å². The Morgan fingerprint density at radius 3 is 2.00 bits per heavy atom. The maximum atomic E-state index is 12.6. The van der Waals surface area contributed by atoms with Gasteiger partial charge in [-0.3, -0.25) is 14.5 Å². The maximum Gasteiger partial charge on any atom is 0.246 e. The van der Waals surface area contributed by atoms with E-state index in [0.29, 0.717) is 50.0 Å². The Balaban J connectivity index is 1.54. The Hall–Kier alpha value is -2.74. The number of likely N-dealkylation sites (tertiary alicyclic amines) is 1. The lowest BCUT2D eigenvalue weighted by Crippen LogP contribution is -2.51. The first-order valence-electron chi connectivity index (χ1n) is 10.3. The summed E-state index contributed by atoms with van der Waals surface area (Å²) in [4.78, 5) is 30.8. The van der Waals surface area contributed by atoms with Crippen LogP contribution in [-0.4, -0.2) is 93.7 Å². The minimum Gasteiger partial charge on any atom is -0.493 e. The van der Waals surface area contributed by atoms with Crippen LogP contribution < -0.4 is 14.2 Å². The first-order chi connectivity index (χ1) is 14.5. The van der Waals surface area contributed by atoms with Crippen molar-refractivity contribution in [3.63, 3.8) is 0 Å². The van der Waals surface area contributed by atoms with Crippen molar-refractivity contribution < 1.29 is 23.8 Å². The minimum absolute atomic E-state index is 0.0470. The van der Waals surface area contributed by atoms with Crippen molar-refractivity contribution in [1.29, 1.82) is 0 Å². The second kappa shape index (κ2) is 10.3. The van der Waals surface area contributed by atoms with Crippen LogP contribution in [-0.2, 0) is 9.59 Å². The highest BCUT2D eigenvalue weighted by Crippen LogP contribution is 2.38. The van der Waals surface area contributed by atoms with Crippen molar-refractivity contribution >= 4 is 17.9 Å². The fourth-order valence-electron chi connectivity index (χ4n) is 3.85. The maximum absolute atomic E-state index is 12.6. The van der Waals surface area contributed by atoms with E-state index in [2.05, 4.69) is 4.90 Å². The number of carbonyl (C=O) groups excluding carboxylic acids is 2. The molecule has 30 heavy (non-hydrogen) atoms. The molecule has 1 aromatic carbocycles. The molecule has 0 N–H and O–H groups in total. The van der Waals surface area contributed by atoms with Crippen LogP contribution in [0.4, 0.5) is 0 Å². The van der Waals surface area contributed by atoms with Crippen LogP contribution in [0.25, 0.3) is 6.08 Å². The van der Waals surface area contributed by atoms with Crippen molar-refractivity contribution in [2.75, 3.05) is 67.1 Å². The molecule has 164 valence electrons. The fraction of sp³-hybridized carbons (Fsp3) is 0.545. The third kappa shape index (κ3) is 5.24. The van der Waals surface area contributed by atoms with E-state index < -0.39 is 0 Å². The van der Waals surface area contributed by atoms with Crippen LogP contribution in [0.2, 0.25) is 0 Å². The normalized spacial score (nSPS) is 17.4. The summed E-state index contributed by atoms with van der Waals surface area (Å²) in [6, 6.07) is 3.60. The quantitative estimate of drug-likeness (QED) is 0.626. The summed E-state index contributed by atoms with van der Waals surface area (Å²) in [5.41, 5.74) is 0.785. The molecule has 0 aromatic heterocycles. The topological polar surface area (TPSA) is 71.6 Å². The van der Waals surface area contributed by atoms with Crippen molar-refractivity contribution in [2.24, 2.45) is 0 Å². The molecule has 1 aromatic rings. The average Bonchev–Trinajstić information content (AvgIpc) is 3.32. The molecule has 0 spiro atoms. The van der Waals surface area contributed by atoms with Gasteiger partial charge >= 0.3 is 0 Å². The van der Waals surface area contributed by atoms with Crippen LogP contribution >= 0.6 is 0 Å². The molecule has 3 rings (SSSR count). The van der Waals surface area contributed by atoms with E-state index >= 15 is 0 Å². The lowest BCUT2D eigenvalue weighted by Gasteiger charge is -2.34. The second-order valence-corrected chi connectivity index (χ2v) is 7.48. The number of hydrogen-bond acceptors (Lipinski definition) is 6. The van der Waals surface area contributed by atoms with Gasteiger partial charge in [0.2, 0.25) is 17.6 Å². The summed E-state index contributed by atoms with van der Waals surface area (Å²) in [6.45, 7) is 4.86. The molecule has 0 aliphatic carbocycles. The van der Waals surface area contributed by atoms with Gasteiger partial charge in [-0.25, -0.2) is 0 Å². The number of methoxy groups -OCH3 is 3. The number of nitrogens with zero attached hydrogens (tertiary/aromatic N) is 3. The van der Waals surface area contributed by atoms with Gasteiger partial charge in [0.25, 0.3) is 0 Å². The zero-order valence-corrected chi connectivity index (χ0v) is 18.1. The number of piperazine rings is 1. The Morgan fingerprint density at radius 1 is 0.867 bits per heavy atom. The zero-order chi connectivity index (χ0) is 21.5. The molecule has 2 amide bonds. The Kier molecular flexibility index (Phi) is 7.57. The molecule has 2 saturated heterocycles. The molecule has 8 nitrogen and oxygen atoms in total. The molecule has 0 unspecified atom stereocenters. The molecule has 0 bridgehead atoms. The van der Waals surface area contributed by atoms with E-state index in [0.717, 1.165) is 31.5 Å². The first-order valence-corrected chi connectivity index (χ1v) is 10.3. The predicted octanol–water partition coefficient (Wildman–Crippen LogP) is 1.49. The Bertz CT molecular complexity index is 756. The van der Waals surface area contributed by atoms with Crippen molar-refractivity contribution in [3.8, 4) is 17.2 Å². The molecule has 0 radical (unpaired) electrons. The molecule has 2 fully saturated rings. The molecule has 0 atom stereocenters. The van der Waals surface area contributed by atoms with Crippen LogP contribution in [0.1, 0.15) is 18.4 Å². The lowest BCUT2D eigenvalue weighted by atomic mass is 10.1. The van der Waals surface area contributed by atoms with Crippen molar-refractivity contribution in [2.45, 2.75) is 12.8 Å². The Morgan fingerprint density at radius 2 is 1.47 bits per heavy atom. The molecular weight excluding hydrogens is 386 g/mol. The number of ether oxygens (including phenoxy) is 3. The SMILES string of the molecule is COc1cc(/C=C\C(=O)N2CCN(CC(=O)N3CCCC3)CC2)cc(OC)c1OC. The average molecular weight is 418 g/mol. The highest BCUT2D eigenvalue weighted by Gasteiger charge is 2.24. The van der Waals surface area contributed by atoms with Gasteiger partial charge in [0, 0.05) is 45.3 Å². The van der Waals surface area contributed by atoms with Crippen LogP contribution in [0, 0.1) is 0 Å². The molecule has 2 aliphatic rings. The standard InChI is InChI=1S/C22H31N3O5/c1-28-18-14-17(15-19(29-2)22(18)30-3)6-7-20(26)25-12-10-23(11-13-25)16-21(27)24-8-4-5-9-24/h6-7,14-15H,4-5,8-13,16H2,1-3H3/b7-6-. The minimum atomic E-state index is -0.0470. The van der Waals surface area contributed by atoms with E-state index in [-0.39, 0.29) is 11.8 Å². The number of rotatable bonds is 7. The van der Waals surface area contributed by atoms with E-state index in [9.17, 15) is 9.59 Å². The highest BCUT2D eigenvalue weighted by molar-refractivity contribution is 5.92. The van der Waals surface area contributed by atoms with E-state index in [1.54, 1.807) is 45.6 Å². The summed E-state index contributed by atoms with van der Waals surface area (Å²) in [6.07, 6.45) is 5.51. The number of benzene rings is 1. The third-order valence-corrected chi connectivity index (χ3v) is 5.61. The van der Waals surface area contributed by atoms with Crippen LogP contribution in [0.15, 0.2) is 18.2 Å². The third-order valence-electron chi connectivity index (χ3n) is 5.61. The van der Waals surface area contributed by atoms with E-state index in [1.165, 1.54) is 0 Å². The predicted molar refractivity (Wildman–Crippen MR) is 114 cm³/mol. The van der Waals surface area contributed by atoms with Gasteiger partial charge in [0.1, 0.15) is 0 Å². The number of amides is 2. The van der Waals surface area contributed by atoms with Crippen molar-refractivity contribution in [1.82, 2.24) is 14.7 Å². The molecule has 8 heteroatoms. The fourth-order valence-corrected chi connectivity index (χ4v) is 3.85. The largest absolute Gasteiger partial charge is 0.493 e. The molecular formula is C22H31N3O5. The van der Waals surface area contributed by atoms with Crippen LogP contribution in [0.3, 0.4) is 0 Å². The molecule has 0 saturated carbocycles. The monoisotopic (exact) mass is 417 g/mol. The smallest absolute Gasteiger partial charge is 0.246 e. The van der Waals surface area contributed by atoms with Gasteiger partial charge in [-0.1, -0.05) is 0 Å². The summed E-state index contributed by atoms with van der Waals surface area (Å²) in [5, 5.41) is 0. The molecule has 2 heterocycles. The summed E-state index contributed by atoms with van der Waals surface area (Å²) < 4.78 is 16.0. The van der Waals surface area contributed by atoms with Gasteiger partial charge < -0.3 is 24.0 Å². The Labute approximate surface area is 178 Å². The zero-order valence-electron chi connectivity index (χ0n) is 18.1. The van der Waals surface area contributed by atoms with E-state index in [4.69, 9.17) is 14.2 Å². The van der Waals surface area contributed by atoms with E-state index in [1.807, 2.05) is 9.80 Å². The first kappa shape index (κ1) is 22.0. The highest BCUT2D eigenvalue weighted by atomic mass is 16.5. The number of hydrogen-bond donors (Lipinski definition) is 0. The summed E-state index contributed by atoms with van der Waals surface area (Å²) in [7, 11) is 4.67. The van der Waals surface area contributed by atoms with Crippen LogP contribution in [0.5, 0.6) is 17.2 Å². The van der Waals surface area contributed by atoms with Crippen molar-refractivity contribution in [3.05, 3.63) is 23.8 Å². The van der Waals surface area contributed by atoms with Gasteiger partial charge in [0.05, 0.1) is 27.9 Å². The molecule has 2 aliphatic heterocycles. The van der Waals surface area contributed by atoms with Gasteiger partial charge in [-0.15, -0.1) is 0 Å². The second-order valence-electron chi connectivity index (χ2n) is 7.48. The summed E-state index contributed by atoms with van der Waals surface area (Å²) >= 11 is 0. The van der Waals surface area contributed by atoms with Gasteiger partial charge in [-0.2, -0.15) is 0 Å². The number of carbonyl (C=O) groups is 2.